The number of amides is 1. The number of aliphatic hydroxyl groups excluding tert-OH is 1. The van der Waals surface area contributed by atoms with E-state index in [0.29, 0.717) is 32.5 Å². The first-order chi connectivity index (χ1) is 7.24. The fraction of sp³-hybridized carbons (Fsp3) is 0.900. The van der Waals surface area contributed by atoms with Gasteiger partial charge in [0.05, 0.1) is 12.6 Å². The molecule has 90 valence electrons. The Morgan fingerprint density at radius 1 is 1.40 bits per heavy atom. The van der Waals surface area contributed by atoms with Crippen LogP contribution in [0, 0.1) is 0 Å². The van der Waals surface area contributed by atoms with Crippen molar-refractivity contribution in [2.24, 2.45) is 0 Å². The summed E-state index contributed by atoms with van der Waals surface area (Å²) in [6, 6.07) is -0.102. The number of nitrogens with one attached hydrogen (secondary N) is 1. The fourth-order valence-corrected chi connectivity index (χ4v) is 1.23. The van der Waals surface area contributed by atoms with Crippen molar-refractivity contribution < 1.29 is 19.4 Å². The Hall–Kier alpha value is -0.650. The van der Waals surface area contributed by atoms with Gasteiger partial charge in [0.15, 0.2) is 0 Å². The Kier molecular flexibility index (Phi) is 9.46. The van der Waals surface area contributed by atoms with Gasteiger partial charge in [-0.2, -0.15) is 0 Å². The standard InChI is InChI=1S/C10H21NO4/c1-14-7-3-4-10(13)11-9(5-6-12)8-15-2/h9,12H,3-8H2,1-2H3,(H,11,13). The van der Waals surface area contributed by atoms with Gasteiger partial charge in [0.25, 0.3) is 0 Å². The van der Waals surface area contributed by atoms with Crippen LogP contribution in [-0.4, -0.2) is 51.1 Å². The molecule has 0 spiro atoms. The van der Waals surface area contributed by atoms with Crippen molar-refractivity contribution >= 4 is 5.91 Å². The Balaban J connectivity index is 3.67. The van der Waals surface area contributed by atoms with Crippen molar-refractivity contribution in [1.29, 1.82) is 0 Å². The minimum absolute atomic E-state index is 0.0254. The molecule has 0 rings (SSSR count). The Morgan fingerprint density at radius 3 is 2.67 bits per heavy atom. The molecule has 0 aliphatic rings. The lowest BCUT2D eigenvalue weighted by atomic mass is 10.2. The Bertz CT molecular complexity index is 158. The molecule has 0 aromatic rings. The smallest absolute Gasteiger partial charge is 0.220 e. The molecule has 0 fully saturated rings. The van der Waals surface area contributed by atoms with Crippen LogP contribution in [0.25, 0.3) is 0 Å². The highest BCUT2D eigenvalue weighted by molar-refractivity contribution is 5.76. The quantitative estimate of drug-likeness (QED) is 0.533. The summed E-state index contributed by atoms with van der Waals surface area (Å²) >= 11 is 0. The highest BCUT2D eigenvalue weighted by Crippen LogP contribution is 1.95. The molecular formula is C10H21NO4. The average molecular weight is 219 g/mol. The molecule has 0 heterocycles. The minimum Gasteiger partial charge on any atom is -0.396 e. The van der Waals surface area contributed by atoms with Crippen molar-refractivity contribution in [1.82, 2.24) is 5.32 Å². The van der Waals surface area contributed by atoms with E-state index < -0.39 is 0 Å². The number of aliphatic hydroxyl groups is 1. The first-order valence-corrected chi connectivity index (χ1v) is 5.12. The highest BCUT2D eigenvalue weighted by atomic mass is 16.5. The van der Waals surface area contributed by atoms with Crippen LogP contribution in [0.1, 0.15) is 19.3 Å². The van der Waals surface area contributed by atoms with Gasteiger partial charge in [-0.1, -0.05) is 0 Å². The summed E-state index contributed by atoms with van der Waals surface area (Å²) in [4.78, 5) is 11.4. The second-order valence-electron chi connectivity index (χ2n) is 3.33. The Labute approximate surface area is 90.8 Å². The molecule has 1 unspecified atom stereocenters. The van der Waals surface area contributed by atoms with Crippen molar-refractivity contribution in [3.8, 4) is 0 Å². The normalized spacial score (nSPS) is 12.5. The van der Waals surface area contributed by atoms with E-state index in [1.165, 1.54) is 0 Å². The number of hydrogen-bond acceptors (Lipinski definition) is 4. The minimum atomic E-state index is -0.102. The van der Waals surface area contributed by atoms with Crippen LogP contribution in [-0.2, 0) is 14.3 Å². The number of carbonyl (C=O) groups excluding carboxylic acids is 1. The van der Waals surface area contributed by atoms with Gasteiger partial charge in [-0.15, -0.1) is 0 Å². The number of rotatable bonds is 9. The molecule has 1 atom stereocenters. The largest absolute Gasteiger partial charge is 0.396 e. The molecule has 0 saturated heterocycles. The summed E-state index contributed by atoms with van der Waals surface area (Å²) in [6.07, 6.45) is 1.67. The third-order valence-electron chi connectivity index (χ3n) is 1.96. The van der Waals surface area contributed by atoms with E-state index in [1.807, 2.05) is 0 Å². The second-order valence-corrected chi connectivity index (χ2v) is 3.33. The van der Waals surface area contributed by atoms with E-state index in [-0.39, 0.29) is 18.6 Å². The predicted octanol–water partition coefficient (Wildman–Crippen LogP) is -0.0734. The number of methoxy groups -OCH3 is 2. The summed E-state index contributed by atoms with van der Waals surface area (Å²) < 4.78 is 9.78. The van der Waals surface area contributed by atoms with Crippen LogP contribution < -0.4 is 5.32 Å². The van der Waals surface area contributed by atoms with Crippen LogP contribution in [0.5, 0.6) is 0 Å². The van der Waals surface area contributed by atoms with Crippen molar-refractivity contribution in [3.05, 3.63) is 0 Å². The zero-order valence-corrected chi connectivity index (χ0v) is 9.49. The van der Waals surface area contributed by atoms with E-state index in [2.05, 4.69) is 5.32 Å². The van der Waals surface area contributed by atoms with E-state index in [1.54, 1.807) is 14.2 Å². The topological polar surface area (TPSA) is 67.8 Å². The van der Waals surface area contributed by atoms with Gasteiger partial charge in [0, 0.05) is 33.9 Å². The summed E-state index contributed by atoms with van der Waals surface area (Å²) in [5.41, 5.74) is 0. The monoisotopic (exact) mass is 219 g/mol. The molecular weight excluding hydrogens is 198 g/mol. The molecule has 0 aliphatic heterocycles. The fourth-order valence-electron chi connectivity index (χ4n) is 1.23. The first-order valence-electron chi connectivity index (χ1n) is 5.12. The maximum Gasteiger partial charge on any atom is 0.220 e. The molecule has 15 heavy (non-hydrogen) atoms. The van der Waals surface area contributed by atoms with Gasteiger partial charge in [-0.05, 0) is 12.8 Å². The van der Waals surface area contributed by atoms with Gasteiger partial charge in [0.2, 0.25) is 5.91 Å². The summed E-state index contributed by atoms with van der Waals surface area (Å²) in [6.45, 7) is 1.06. The molecule has 0 saturated carbocycles. The van der Waals surface area contributed by atoms with E-state index in [4.69, 9.17) is 14.6 Å². The van der Waals surface area contributed by atoms with Crippen LogP contribution in [0.4, 0.5) is 0 Å². The molecule has 0 aromatic carbocycles. The van der Waals surface area contributed by atoms with Gasteiger partial charge in [-0.3, -0.25) is 4.79 Å². The molecule has 5 nitrogen and oxygen atoms in total. The number of ether oxygens (including phenoxy) is 2. The van der Waals surface area contributed by atoms with Crippen molar-refractivity contribution in [3.63, 3.8) is 0 Å². The highest BCUT2D eigenvalue weighted by Gasteiger charge is 2.10. The zero-order valence-electron chi connectivity index (χ0n) is 9.49. The van der Waals surface area contributed by atoms with Gasteiger partial charge in [-0.25, -0.2) is 0 Å². The molecule has 0 aliphatic carbocycles. The van der Waals surface area contributed by atoms with E-state index >= 15 is 0 Å². The second kappa shape index (κ2) is 9.89. The predicted molar refractivity (Wildman–Crippen MR) is 56.6 cm³/mol. The SMILES string of the molecule is COCCCC(=O)NC(CCO)COC. The third kappa shape index (κ3) is 8.35. The van der Waals surface area contributed by atoms with Crippen molar-refractivity contribution in [2.75, 3.05) is 34.0 Å². The number of carbonyl (C=O) groups is 1. The average Bonchev–Trinajstić information content (AvgIpc) is 2.19. The molecule has 0 aromatic heterocycles. The van der Waals surface area contributed by atoms with Crippen LogP contribution >= 0.6 is 0 Å². The maximum absolute atomic E-state index is 11.4. The van der Waals surface area contributed by atoms with Crippen molar-refractivity contribution in [2.45, 2.75) is 25.3 Å². The maximum atomic E-state index is 11.4. The summed E-state index contributed by atoms with van der Waals surface area (Å²) in [5, 5.41) is 11.6. The molecule has 0 bridgehead atoms. The Morgan fingerprint density at radius 2 is 2.13 bits per heavy atom. The van der Waals surface area contributed by atoms with Crippen LogP contribution in [0.15, 0.2) is 0 Å². The summed E-state index contributed by atoms with van der Waals surface area (Å²) in [5.74, 6) is -0.0254. The lowest BCUT2D eigenvalue weighted by molar-refractivity contribution is -0.122. The molecule has 2 N–H and O–H groups in total. The molecule has 1 amide bonds. The molecule has 5 heteroatoms. The van der Waals surface area contributed by atoms with Gasteiger partial charge < -0.3 is 19.9 Å². The summed E-state index contributed by atoms with van der Waals surface area (Å²) in [7, 11) is 3.18. The van der Waals surface area contributed by atoms with Gasteiger partial charge in [0.1, 0.15) is 0 Å². The lowest BCUT2D eigenvalue weighted by Gasteiger charge is -2.16. The van der Waals surface area contributed by atoms with Crippen LogP contribution in [0.2, 0.25) is 0 Å². The van der Waals surface area contributed by atoms with Crippen LogP contribution in [0.3, 0.4) is 0 Å². The lowest BCUT2D eigenvalue weighted by Crippen LogP contribution is -2.38. The van der Waals surface area contributed by atoms with E-state index in [9.17, 15) is 4.79 Å². The third-order valence-corrected chi connectivity index (χ3v) is 1.96. The van der Waals surface area contributed by atoms with E-state index in [0.717, 1.165) is 0 Å². The number of hydrogen-bond donors (Lipinski definition) is 2. The molecule has 0 radical (unpaired) electrons. The first kappa shape index (κ1) is 14.3. The zero-order chi connectivity index (χ0) is 11.5. The van der Waals surface area contributed by atoms with Gasteiger partial charge >= 0.3 is 0 Å².